The molecule has 4 heteroatoms. The maximum Gasteiger partial charge on any atom is 0.0363 e. The Labute approximate surface area is 69.6 Å². The van der Waals surface area contributed by atoms with Crippen molar-refractivity contribution in [1.29, 1.82) is 0 Å². The molecule has 0 saturated carbocycles. The molecule has 1 N–H and O–H groups in total. The van der Waals surface area contributed by atoms with Crippen molar-refractivity contribution < 1.29 is 4.21 Å². The molecule has 0 amide bonds. The van der Waals surface area contributed by atoms with Gasteiger partial charge in [-0.1, -0.05) is 0 Å². The second kappa shape index (κ2) is 3.21. The highest BCUT2D eigenvalue weighted by Crippen LogP contribution is 2.08. The van der Waals surface area contributed by atoms with Crippen LogP contribution in [0.15, 0.2) is 0 Å². The number of rotatable bonds is 1. The minimum atomic E-state index is -0.517. The standard InChI is InChI=1S/C7H14N2OS/c10-11-3-1-9(2-4-11)7-5-8-6-7/h7-8H,1-6H2. The number of nitrogens with zero attached hydrogens (tertiary/aromatic N) is 1. The van der Waals surface area contributed by atoms with Crippen molar-refractivity contribution in [1.82, 2.24) is 10.2 Å². The second-order valence-electron chi connectivity index (χ2n) is 3.20. The predicted octanol–water partition coefficient (Wildman–Crippen LogP) is -0.977. The van der Waals surface area contributed by atoms with Crippen LogP contribution in [0.5, 0.6) is 0 Å². The lowest BCUT2D eigenvalue weighted by atomic mass is 10.1. The maximum atomic E-state index is 11.0. The highest BCUT2D eigenvalue weighted by atomic mass is 32.2. The van der Waals surface area contributed by atoms with Gasteiger partial charge in [-0.2, -0.15) is 0 Å². The number of hydrogen-bond acceptors (Lipinski definition) is 3. The number of nitrogens with one attached hydrogen (secondary N) is 1. The molecule has 0 aromatic rings. The third-order valence-electron chi connectivity index (χ3n) is 2.49. The third kappa shape index (κ3) is 1.63. The van der Waals surface area contributed by atoms with Gasteiger partial charge < -0.3 is 5.32 Å². The lowest BCUT2D eigenvalue weighted by molar-refractivity contribution is 0.159. The molecule has 2 saturated heterocycles. The summed E-state index contributed by atoms with van der Waals surface area (Å²) in [4.78, 5) is 2.46. The van der Waals surface area contributed by atoms with Gasteiger partial charge in [0.25, 0.3) is 0 Å². The average Bonchev–Trinajstić information content (AvgIpc) is 1.90. The zero-order valence-corrected chi connectivity index (χ0v) is 7.40. The number of hydrogen-bond donors (Lipinski definition) is 1. The second-order valence-corrected chi connectivity index (χ2v) is 4.89. The van der Waals surface area contributed by atoms with Gasteiger partial charge in [-0.15, -0.1) is 0 Å². The fourth-order valence-electron chi connectivity index (χ4n) is 1.55. The SMILES string of the molecule is O=S1CCN(C2CNC2)CC1. The molecule has 2 aliphatic heterocycles. The van der Waals surface area contributed by atoms with Gasteiger partial charge in [0.1, 0.15) is 0 Å². The maximum absolute atomic E-state index is 11.0. The molecular weight excluding hydrogens is 160 g/mol. The molecule has 3 nitrogen and oxygen atoms in total. The highest BCUT2D eigenvalue weighted by molar-refractivity contribution is 7.85. The molecule has 2 rings (SSSR count). The van der Waals surface area contributed by atoms with Crippen LogP contribution in [0.4, 0.5) is 0 Å². The van der Waals surface area contributed by atoms with Crippen LogP contribution in [0.3, 0.4) is 0 Å². The summed E-state index contributed by atoms with van der Waals surface area (Å²) in [5, 5.41) is 3.25. The van der Waals surface area contributed by atoms with E-state index >= 15 is 0 Å². The lowest BCUT2D eigenvalue weighted by Crippen LogP contribution is -2.59. The van der Waals surface area contributed by atoms with E-state index in [-0.39, 0.29) is 0 Å². The summed E-state index contributed by atoms with van der Waals surface area (Å²) < 4.78 is 11.0. The monoisotopic (exact) mass is 174 g/mol. The van der Waals surface area contributed by atoms with E-state index in [2.05, 4.69) is 10.2 Å². The molecule has 0 atom stereocenters. The molecule has 2 heterocycles. The highest BCUT2D eigenvalue weighted by Gasteiger charge is 2.26. The molecule has 0 aromatic heterocycles. The summed E-state index contributed by atoms with van der Waals surface area (Å²) in [6.07, 6.45) is 0. The summed E-state index contributed by atoms with van der Waals surface area (Å²) in [6, 6.07) is 0.743. The Hall–Kier alpha value is 0.0700. The molecular formula is C7H14N2OS. The van der Waals surface area contributed by atoms with Crippen LogP contribution in [0.2, 0.25) is 0 Å². The summed E-state index contributed by atoms with van der Waals surface area (Å²) in [7, 11) is -0.517. The van der Waals surface area contributed by atoms with Gasteiger partial charge in [0, 0.05) is 54.5 Å². The van der Waals surface area contributed by atoms with Crippen molar-refractivity contribution in [3.8, 4) is 0 Å². The van der Waals surface area contributed by atoms with Crippen molar-refractivity contribution in [3.05, 3.63) is 0 Å². The first-order valence-corrected chi connectivity index (χ1v) is 5.65. The zero-order valence-electron chi connectivity index (χ0n) is 6.58. The molecule has 0 aromatic carbocycles. The summed E-state index contributed by atoms with van der Waals surface area (Å²) >= 11 is 0. The fraction of sp³-hybridized carbons (Fsp3) is 1.00. The molecule has 0 unspecified atom stereocenters. The van der Waals surface area contributed by atoms with Gasteiger partial charge in [-0.25, -0.2) is 0 Å². The van der Waals surface area contributed by atoms with E-state index in [0.717, 1.165) is 43.7 Å². The Bertz CT molecular complexity index is 160. The van der Waals surface area contributed by atoms with Gasteiger partial charge >= 0.3 is 0 Å². The molecule has 0 spiro atoms. The molecule has 2 aliphatic rings. The van der Waals surface area contributed by atoms with E-state index in [9.17, 15) is 4.21 Å². The Balaban J connectivity index is 1.82. The van der Waals surface area contributed by atoms with E-state index in [1.807, 2.05) is 0 Å². The van der Waals surface area contributed by atoms with Crippen LogP contribution in [0, 0.1) is 0 Å². The minimum Gasteiger partial charge on any atom is -0.314 e. The average molecular weight is 174 g/mol. The summed E-state index contributed by atoms with van der Waals surface area (Å²) in [5.41, 5.74) is 0. The van der Waals surface area contributed by atoms with Crippen LogP contribution in [-0.4, -0.2) is 52.8 Å². The van der Waals surface area contributed by atoms with Gasteiger partial charge in [0.05, 0.1) is 0 Å². The van der Waals surface area contributed by atoms with Gasteiger partial charge in [0.15, 0.2) is 0 Å². The van der Waals surface area contributed by atoms with Crippen LogP contribution in [-0.2, 0) is 10.8 Å². The first kappa shape index (κ1) is 7.71. The smallest absolute Gasteiger partial charge is 0.0363 e. The van der Waals surface area contributed by atoms with Crippen molar-refractivity contribution >= 4 is 10.8 Å². The summed E-state index contributed by atoms with van der Waals surface area (Å²) in [5.74, 6) is 1.77. The topological polar surface area (TPSA) is 32.3 Å². The fourth-order valence-corrected chi connectivity index (χ4v) is 2.63. The van der Waals surface area contributed by atoms with Crippen LogP contribution in [0.25, 0.3) is 0 Å². The Morgan fingerprint density at radius 2 is 1.91 bits per heavy atom. The van der Waals surface area contributed by atoms with Gasteiger partial charge in [-0.05, 0) is 0 Å². The van der Waals surface area contributed by atoms with Gasteiger partial charge in [0.2, 0.25) is 0 Å². The quantitative estimate of drug-likeness (QED) is 0.555. The van der Waals surface area contributed by atoms with Gasteiger partial charge in [-0.3, -0.25) is 9.11 Å². The summed E-state index contributed by atoms with van der Waals surface area (Å²) in [6.45, 7) is 4.34. The van der Waals surface area contributed by atoms with E-state index in [0.29, 0.717) is 0 Å². The van der Waals surface area contributed by atoms with E-state index in [1.165, 1.54) is 0 Å². The van der Waals surface area contributed by atoms with E-state index < -0.39 is 10.8 Å². The molecule has 64 valence electrons. The van der Waals surface area contributed by atoms with Crippen LogP contribution >= 0.6 is 0 Å². The largest absolute Gasteiger partial charge is 0.314 e. The van der Waals surface area contributed by atoms with Crippen molar-refractivity contribution in [2.24, 2.45) is 0 Å². The van der Waals surface area contributed by atoms with Crippen molar-refractivity contribution in [2.45, 2.75) is 6.04 Å². The molecule has 2 fully saturated rings. The van der Waals surface area contributed by atoms with E-state index in [4.69, 9.17) is 0 Å². The Morgan fingerprint density at radius 1 is 1.27 bits per heavy atom. The van der Waals surface area contributed by atoms with Crippen molar-refractivity contribution in [2.75, 3.05) is 37.7 Å². The van der Waals surface area contributed by atoms with Crippen molar-refractivity contribution in [3.63, 3.8) is 0 Å². The Kier molecular flexibility index (Phi) is 2.25. The Morgan fingerprint density at radius 3 is 2.36 bits per heavy atom. The first-order valence-electron chi connectivity index (χ1n) is 4.16. The zero-order chi connectivity index (χ0) is 7.68. The first-order chi connectivity index (χ1) is 5.36. The van der Waals surface area contributed by atoms with E-state index in [1.54, 1.807) is 0 Å². The molecule has 0 aliphatic carbocycles. The molecule has 11 heavy (non-hydrogen) atoms. The van der Waals surface area contributed by atoms with Crippen LogP contribution < -0.4 is 5.32 Å². The van der Waals surface area contributed by atoms with Crippen LogP contribution in [0.1, 0.15) is 0 Å². The lowest BCUT2D eigenvalue weighted by Gasteiger charge is -2.39. The third-order valence-corrected chi connectivity index (χ3v) is 3.76. The minimum absolute atomic E-state index is 0.517. The molecule has 0 bridgehead atoms. The predicted molar refractivity (Wildman–Crippen MR) is 46.1 cm³/mol. The molecule has 0 radical (unpaired) electrons. The normalized spacial score (nSPS) is 30.2.